The average Bonchev–Trinajstić information content (AvgIpc) is 3.83. The van der Waals surface area contributed by atoms with Crippen LogP contribution in [0.3, 0.4) is 0 Å². The molecule has 0 unspecified atom stereocenters. The van der Waals surface area contributed by atoms with Gasteiger partial charge in [0, 0.05) is 58.8 Å². The van der Waals surface area contributed by atoms with Crippen molar-refractivity contribution in [3.63, 3.8) is 0 Å². The first-order valence-corrected chi connectivity index (χ1v) is 19.2. The molecule has 0 aliphatic carbocycles. The second-order valence-corrected chi connectivity index (χ2v) is 14.6. The molecular formula is C48H29N7S. The minimum absolute atomic E-state index is 0.574. The number of aromatic nitrogens is 7. The maximum atomic E-state index is 5.25. The van der Waals surface area contributed by atoms with Crippen molar-refractivity contribution < 1.29 is 0 Å². The number of para-hydroxylation sites is 2. The van der Waals surface area contributed by atoms with Crippen LogP contribution in [0, 0.1) is 0 Å². The quantitative estimate of drug-likeness (QED) is 0.169. The Hall–Kier alpha value is -7.42. The zero-order valence-corrected chi connectivity index (χ0v) is 30.6. The van der Waals surface area contributed by atoms with Crippen LogP contribution in [0.1, 0.15) is 0 Å². The van der Waals surface area contributed by atoms with Crippen molar-refractivity contribution in [1.82, 2.24) is 34.5 Å². The van der Waals surface area contributed by atoms with E-state index in [1.807, 2.05) is 91.0 Å². The summed E-state index contributed by atoms with van der Waals surface area (Å²) in [6.07, 6.45) is 0. The molecule has 7 nitrogen and oxygen atoms in total. The van der Waals surface area contributed by atoms with Crippen molar-refractivity contribution in [3.05, 3.63) is 176 Å². The topological polar surface area (TPSA) is 82.3 Å². The van der Waals surface area contributed by atoms with Crippen molar-refractivity contribution in [2.75, 3.05) is 0 Å². The molecule has 11 aromatic rings. The molecule has 0 atom stereocenters. The van der Waals surface area contributed by atoms with E-state index in [1.54, 1.807) is 11.3 Å². The van der Waals surface area contributed by atoms with Gasteiger partial charge in [0.15, 0.2) is 29.1 Å². The Kier molecular flexibility index (Phi) is 7.53. The standard InChI is InChI=1S/C48H29N7S/c1-4-15-30(16-5-1)43-49-44(31-17-6-2-7-18-31)51-46(50-43)33-27-28-41-38(29-33)36-23-14-24-37(42(36)56-41)47-52-45(32-19-8-3-9-20-32)53-48(54-47)55-39-25-12-10-21-34(39)35-22-11-13-26-40(35)55/h1-29H. The summed E-state index contributed by atoms with van der Waals surface area (Å²) < 4.78 is 4.40. The van der Waals surface area contributed by atoms with Gasteiger partial charge in [0.25, 0.3) is 0 Å². The van der Waals surface area contributed by atoms with E-state index in [2.05, 4.69) is 89.5 Å². The SMILES string of the molecule is c1ccc(-c2nc(-c3ccccc3)nc(-c3ccc4sc5c(-c6nc(-c7ccccc7)nc(-n7c8ccccc8c8ccccc87)n6)cccc5c4c3)n2)cc1. The Labute approximate surface area is 325 Å². The minimum atomic E-state index is 0.574. The molecule has 0 radical (unpaired) electrons. The van der Waals surface area contributed by atoms with E-state index in [1.165, 1.54) is 0 Å². The van der Waals surface area contributed by atoms with Crippen LogP contribution < -0.4 is 0 Å². The zero-order chi connectivity index (χ0) is 37.0. The monoisotopic (exact) mass is 735 g/mol. The Morgan fingerprint density at radius 2 is 0.804 bits per heavy atom. The summed E-state index contributed by atoms with van der Waals surface area (Å²) in [6, 6.07) is 59.9. The Morgan fingerprint density at radius 1 is 0.339 bits per heavy atom. The first-order chi connectivity index (χ1) is 27.7. The second kappa shape index (κ2) is 13.2. The molecule has 56 heavy (non-hydrogen) atoms. The third-order valence-electron chi connectivity index (χ3n) is 10.1. The van der Waals surface area contributed by atoms with Gasteiger partial charge in [-0.3, -0.25) is 4.57 Å². The highest BCUT2D eigenvalue weighted by Crippen LogP contribution is 2.41. The molecule has 8 heteroatoms. The fraction of sp³-hybridized carbons (Fsp3) is 0. The van der Waals surface area contributed by atoms with Gasteiger partial charge in [-0.15, -0.1) is 11.3 Å². The van der Waals surface area contributed by atoms with Crippen molar-refractivity contribution in [2.24, 2.45) is 0 Å². The predicted octanol–water partition coefficient (Wildman–Crippen LogP) is 11.9. The van der Waals surface area contributed by atoms with Gasteiger partial charge in [-0.2, -0.15) is 9.97 Å². The Bertz CT molecular complexity index is 3140. The van der Waals surface area contributed by atoms with Gasteiger partial charge in [-0.05, 0) is 36.4 Å². The van der Waals surface area contributed by atoms with Crippen LogP contribution >= 0.6 is 11.3 Å². The van der Waals surface area contributed by atoms with Crippen molar-refractivity contribution >= 4 is 53.3 Å². The third-order valence-corrected chi connectivity index (χ3v) is 11.4. The Morgan fingerprint density at radius 3 is 1.39 bits per heavy atom. The fourth-order valence-corrected chi connectivity index (χ4v) is 8.68. The minimum Gasteiger partial charge on any atom is -0.278 e. The molecule has 0 aliphatic rings. The van der Waals surface area contributed by atoms with Crippen LogP contribution in [0.5, 0.6) is 0 Å². The van der Waals surface area contributed by atoms with E-state index in [9.17, 15) is 0 Å². The third kappa shape index (κ3) is 5.42. The van der Waals surface area contributed by atoms with Crippen LogP contribution in [0.2, 0.25) is 0 Å². The maximum absolute atomic E-state index is 5.25. The summed E-state index contributed by atoms with van der Waals surface area (Å²) in [7, 11) is 0. The highest BCUT2D eigenvalue weighted by molar-refractivity contribution is 7.26. The molecule has 0 amide bonds. The van der Waals surface area contributed by atoms with Crippen molar-refractivity contribution in [2.45, 2.75) is 0 Å². The largest absolute Gasteiger partial charge is 0.278 e. The number of rotatable bonds is 6. The van der Waals surface area contributed by atoms with Crippen molar-refractivity contribution in [1.29, 1.82) is 0 Å². The summed E-state index contributed by atoms with van der Waals surface area (Å²) >= 11 is 1.74. The van der Waals surface area contributed by atoms with Crippen LogP contribution in [0.25, 0.3) is 105 Å². The molecule has 4 heterocycles. The number of fused-ring (bicyclic) bond motifs is 6. The number of nitrogens with zero attached hydrogens (tertiary/aromatic N) is 7. The number of hydrogen-bond acceptors (Lipinski definition) is 7. The molecular weight excluding hydrogens is 707 g/mol. The van der Waals surface area contributed by atoms with Gasteiger partial charge in [-0.25, -0.2) is 19.9 Å². The van der Waals surface area contributed by atoms with Crippen LogP contribution in [-0.4, -0.2) is 34.5 Å². The molecule has 4 aromatic heterocycles. The molecule has 0 bridgehead atoms. The van der Waals surface area contributed by atoms with E-state index in [-0.39, 0.29) is 0 Å². The van der Waals surface area contributed by atoms with Crippen LogP contribution in [-0.2, 0) is 0 Å². The van der Waals surface area contributed by atoms with Gasteiger partial charge >= 0.3 is 0 Å². The summed E-state index contributed by atoms with van der Waals surface area (Å²) in [4.78, 5) is 30.4. The molecule has 0 aliphatic heterocycles. The summed E-state index contributed by atoms with van der Waals surface area (Å²) in [5.74, 6) is 3.70. The second-order valence-electron chi connectivity index (χ2n) is 13.6. The van der Waals surface area contributed by atoms with Crippen molar-refractivity contribution in [3.8, 4) is 62.9 Å². The number of thiophene rings is 1. The van der Waals surface area contributed by atoms with Gasteiger partial charge in [-0.1, -0.05) is 140 Å². The summed E-state index contributed by atoms with van der Waals surface area (Å²) in [5.41, 5.74) is 6.75. The molecule has 0 saturated carbocycles. The molecule has 0 fully saturated rings. The zero-order valence-electron chi connectivity index (χ0n) is 29.8. The number of hydrogen-bond donors (Lipinski definition) is 0. The van der Waals surface area contributed by atoms with E-state index in [4.69, 9.17) is 29.9 Å². The van der Waals surface area contributed by atoms with Crippen LogP contribution in [0.4, 0.5) is 0 Å². The van der Waals surface area contributed by atoms with Gasteiger partial charge in [0.2, 0.25) is 5.95 Å². The highest BCUT2D eigenvalue weighted by atomic mass is 32.1. The summed E-state index contributed by atoms with van der Waals surface area (Å²) in [5, 5.41) is 4.54. The lowest BCUT2D eigenvalue weighted by Crippen LogP contribution is -2.06. The lowest BCUT2D eigenvalue weighted by molar-refractivity contribution is 0.954. The summed E-state index contributed by atoms with van der Waals surface area (Å²) in [6.45, 7) is 0. The van der Waals surface area contributed by atoms with Gasteiger partial charge < -0.3 is 0 Å². The lowest BCUT2D eigenvalue weighted by Gasteiger charge is -2.11. The van der Waals surface area contributed by atoms with E-state index >= 15 is 0 Å². The van der Waals surface area contributed by atoms with E-state index < -0.39 is 0 Å². The maximum Gasteiger partial charge on any atom is 0.238 e. The van der Waals surface area contributed by atoms with E-state index in [0.717, 1.165) is 69.8 Å². The van der Waals surface area contributed by atoms with Gasteiger partial charge in [0.05, 0.1) is 11.0 Å². The average molecular weight is 736 g/mol. The molecule has 0 saturated heterocycles. The smallest absolute Gasteiger partial charge is 0.238 e. The Balaban J connectivity index is 1.10. The predicted molar refractivity (Wildman–Crippen MR) is 228 cm³/mol. The number of benzene rings is 7. The van der Waals surface area contributed by atoms with Crippen LogP contribution in [0.15, 0.2) is 176 Å². The first-order valence-electron chi connectivity index (χ1n) is 18.4. The molecule has 0 N–H and O–H groups in total. The van der Waals surface area contributed by atoms with E-state index in [0.29, 0.717) is 35.1 Å². The molecule has 0 spiro atoms. The molecule has 7 aromatic carbocycles. The molecule has 262 valence electrons. The normalized spacial score (nSPS) is 11.6. The highest BCUT2D eigenvalue weighted by Gasteiger charge is 2.20. The first kappa shape index (κ1) is 32.0. The fourth-order valence-electron chi connectivity index (χ4n) is 7.49. The van der Waals surface area contributed by atoms with Gasteiger partial charge in [0.1, 0.15) is 0 Å². The molecule has 11 rings (SSSR count). The lowest BCUT2D eigenvalue weighted by atomic mass is 10.1.